The zero-order valence-electron chi connectivity index (χ0n) is 10.6. The van der Waals surface area contributed by atoms with Crippen LogP contribution in [0, 0.1) is 10.1 Å². The number of benzene rings is 1. The zero-order valence-corrected chi connectivity index (χ0v) is 11.4. The Balaban J connectivity index is 1.80. The number of aromatic nitrogens is 3. The van der Waals surface area contributed by atoms with E-state index in [1.807, 2.05) is 12.1 Å². The van der Waals surface area contributed by atoms with E-state index >= 15 is 0 Å². The summed E-state index contributed by atoms with van der Waals surface area (Å²) in [5.41, 5.74) is 0.817. The lowest BCUT2D eigenvalue weighted by molar-refractivity contribution is -0.389. The molecule has 0 spiro atoms. The number of hydrogen-bond acceptors (Lipinski definition) is 5. The number of rotatable bonds is 4. The Morgan fingerprint density at radius 2 is 2.24 bits per heavy atom. The molecular weight excluding hydrogens is 296 g/mol. The monoisotopic (exact) mass is 304 g/mol. The Hall–Kier alpha value is -2.67. The van der Waals surface area contributed by atoms with Crippen LogP contribution in [0.25, 0.3) is 11.3 Å². The highest BCUT2D eigenvalue weighted by molar-refractivity contribution is 6.30. The summed E-state index contributed by atoms with van der Waals surface area (Å²) in [6.45, 7) is 0.265. The summed E-state index contributed by atoms with van der Waals surface area (Å²) in [6.07, 6.45) is 4.27. The SMILES string of the molecule is O=[N+]([O-])c1cn(Cc2ncc(-c3cccc(Cl)c3)o2)cn1. The second-order valence-corrected chi connectivity index (χ2v) is 4.73. The fourth-order valence-electron chi connectivity index (χ4n) is 1.84. The van der Waals surface area contributed by atoms with Crippen LogP contribution in [0.3, 0.4) is 0 Å². The second kappa shape index (κ2) is 5.37. The Morgan fingerprint density at radius 1 is 1.38 bits per heavy atom. The summed E-state index contributed by atoms with van der Waals surface area (Å²) in [7, 11) is 0. The van der Waals surface area contributed by atoms with E-state index in [0.717, 1.165) is 5.56 Å². The van der Waals surface area contributed by atoms with Gasteiger partial charge in [0.2, 0.25) is 12.2 Å². The smallest absolute Gasteiger partial charge is 0.381 e. The summed E-state index contributed by atoms with van der Waals surface area (Å²) >= 11 is 5.93. The molecule has 3 aromatic rings. The quantitative estimate of drug-likeness (QED) is 0.546. The highest BCUT2D eigenvalue weighted by Crippen LogP contribution is 2.23. The third-order valence-corrected chi connectivity index (χ3v) is 3.02. The first-order valence-electron chi connectivity index (χ1n) is 5.98. The molecule has 106 valence electrons. The average Bonchev–Trinajstić information content (AvgIpc) is 3.08. The van der Waals surface area contributed by atoms with Gasteiger partial charge in [-0.1, -0.05) is 23.7 Å². The highest BCUT2D eigenvalue weighted by atomic mass is 35.5. The maximum atomic E-state index is 10.6. The summed E-state index contributed by atoms with van der Waals surface area (Å²) in [5, 5.41) is 11.2. The van der Waals surface area contributed by atoms with Crippen LogP contribution < -0.4 is 0 Å². The van der Waals surface area contributed by atoms with Crippen LogP contribution >= 0.6 is 11.6 Å². The fraction of sp³-hybridized carbons (Fsp3) is 0.0769. The molecule has 0 atom stereocenters. The number of imidazole rings is 1. The first-order valence-corrected chi connectivity index (χ1v) is 6.36. The van der Waals surface area contributed by atoms with Crippen molar-refractivity contribution in [1.82, 2.24) is 14.5 Å². The highest BCUT2D eigenvalue weighted by Gasteiger charge is 2.12. The molecule has 0 aliphatic carbocycles. The van der Waals surface area contributed by atoms with Crippen molar-refractivity contribution in [2.75, 3.05) is 0 Å². The third-order valence-electron chi connectivity index (χ3n) is 2.79. The lowest BCUT2D eigenvalue weighted by Crippen LogP contribution is -1.96. The van der Waals surface area contributed by atoms with Gasteiger partial charge in [0.25, 0.3) is 0 Å². The molecule has 0 bridgehead atoms. The van der Waals surface area contributed by atoms with Crippen molar-refractivity contribution in [3.8, 4) is 11.3 Å². The molecule has 0 N–H and O–H groups in total. The van der Waals surface area contributed by atoms with Crippen molar-refractivity contribution in [1.29, 1.82) is 0 Å². The Labute approximate surface area is 124 Å². The Bertz CT molecular complexity index is 796. The summed E-state index contributed by atoms with van der Waals surface area (Å²) in [5.74, 6) is 0.802. The van der Waals surface area contributed by atoms with Crippen LogP contribution in [0.2, 0.25) is 5.02 Å². The van der Waals surface area contributed by atoms with Crippen LogP contribution in [0.15, 0.2) is 47.4 Å². The number of nitrogens with zero attached hydrogens (tertiary/aromatic N) is 4. The van der Waals surface area contributed by atoms with Crippen molar-refractivity contribution in [3.05, 3.63) is 64.0 Å². The van der Waals surface area contributed by atoms with Gasteiger partial charge in [0.05, 0.1) is 6.20 Å². The van der Waals surface area contributed by atoms with Gasteiger partial charge in [0, 0.05) is 10.6 Å². The molecule has 8 heteroatoms. The maximum Gasteiger partial charge on any atom is 0.381 e. The lowest BCUT2D eigenvalue weighted by atomic mass is 10.2. The first kappa shape index (κ1) is 13.3. The van der Waals surface area contributed by atoms with E-state index in [9.17, 15) is 10.1 Å². The Morgan fingerprint density at radius 3 is 2.95 bits per heavy atom. The molecule has 2 heterocycles. The molecule has 0 saturated carbocycles. The van der Waals surface area contributed by atoms with Gasteiger partial charge in [-0.15, -0.1) is 0 Å². The van der Waals surface area contributed by atoms with Crippen LogP contribution in [-0.4, -0.2) is 19.5 Å². The Kier molecular flexibility index (Phi) is 3.41. The van der Waals surface area contributed by atoms with Gasteiger partial charge in [-0.2, -0.15) is 0 Å². The van der Waals surface area contributed by atoms with Crippen LogP contribution in [-0.2, 0) is 6.54 Å². The van der Waals surface area contributed by atoms with E-state index in [4.69, 9.17) is 16.0 Å². The van der Waals surface area contributed by atoms with E-state index in [-0.39, 0.29) is 12.4 Å². The van der Waals surface area contributed by atoms with Crippen molar-refractivity contribution in [2.45, 2.75) is 6.54 Å². The fourth-order valence-corrected chi connectivity index (χ4v) is 2.03. The van der Waals surface area contributed by atoms with Gasteiger partial charge in [0.1, 0.15) is 12.7 Å². The summed E-state index contributed by atoms with van der Waals surface area (Å²) in [6, 6.07) is 7.22. The molecule has 0 saturated heterocycles. The van der Waals surface area contributed by atoms with Crippen LogP contribution in [0.4, 0.5) is 5.82 Å². The number of oxazole rings is 1. The molecule has 3 rings (SSSR count). The minimum absolute atomic E-state index is 0.211. The van der Waals surface area contributed by atoms with Gasteiger partial charge < -0.3 is 19.1 Å². The summed E-state index contributed by atoms with van der Waals surface area (Å²) < 4.78 is 7.14. The molecule has 1 aromatic carbocycles. The van der Waals surface area contributed by atoms with Gasteiger partial charge in [-0.25, -0.2) is 4.98 Å². The molecule has 0 radical (unpaired) electrons. The summed E-state index contributed by atoms with van der Waals surface area (Å²) in [4.78, 5) is 17.8. The topological polar surface area (TPSA) is 87.0 Å². The van der Waals surface area contributed by atoms with E-state index in [2.05, 4.69) is 9.97 Å². The largest absolute Gasteiger partial charge is 0.439 e. The molecular formula is C13H9ClN4O3. The normalized spacial score (nSPS) is 10.7. The maximum absolute atomic E-state index is 10.6. The molecule has 0 unspecified atom stereocenters. The zero-order chi connectivity index (χ0) is 14.8. The van der Waals surface area contributed by atoms with Gasteiger partial charge in [-0.3, -0.25) is 0 Å². The van der Waals surface area contributed by atoms with Crippen molar-refractivity contribution in [2.24, 2.45) is 0 Å². The molecule has 21 heavy (non-hydrogen) atoms. The minimum Gasteiger partial charge on any atom is -0.439 e. The molecule has 0 aliphatic rings. The minimum atomic E-state index is -0.552. The number of hydrogen-bond donors (Lipinski definition) is 0. The molecule has 0 amide bonds. The van der Waals surface area contributed by atoms with Crippen molar-refractivity contribution < 1.29 is 9.34 Å². The lowest BCUT2D eigenvalue weighted by Gasteiger charge is -1.97. The van der Waals surface area contributed by atoms with Crippen molar-refractivity contribution in [3.63, 3.8) is 0 Å². The predicted octanol–water partition coefficient (Wildman–Crippen LogP) is 3.15. The molecule has 7 nitrogen and oxygen atoms in total. The average molecular weight is 305 g/mol. The third kappa shape index (κ3) is 2.92. The number of halogens is 1. The van der Waals surface area contributed by atoms with Crippen molar-refractivity contribution >= 4 is 17.4 Å². The van der Waals surface area contributed by atoms with Gasteiger partial charge >= 0.3 is 5.82 Å². The predicted molar refractivity (Wildman–Crippen MR) is 74.9 cm³/mol. The first-order chi connectivity index (χ1) is 10.1. The molecule has 0 fully saturated rings. The van der Waals surface area contributed by atoms with E-state index < -0.39 is 4.92 Å². The van der Waals surface area contributed by atoms with Crippen LogP contribution in [0.1, 0.15) is 5.89 Å². The number of nitro groups is 1. The van der Waals surface area contributed by atoms with E-state index in [1.165, 1.54) is 17.1 Å². The van der Waals surface area contributed by atoms with E-state index in [0.29, 0.717) is 16.7 Å². The second-order valence-electron chi connectivity index (χ2n) is 4.29. The van der Waals surface area contributed by atoms with Crippen LogP contribution in [0.5, 0.6) is 0 Å². The molecule has 0 aliphatic heterocycles. The van der Waals surface area contributed by atoms with Gasteiger partial charge in [0.15, 0.2) is 5.76 Å². The standard InChI is InChI=1S/C13H9ClN4O3/c14-10-3-1-2-9(4-10)11-5-15-13(21-11)7-17-6-12(16-8-17)18(19)20/h1-6,8H,7H2. The molecule has 2 aromatic heterocycles. The van der Waals surface area contributed by atoms with E-state index in [1.54, 1.807) is 18.3 Å². The van der Waals surface area contributed by atoms with Gasteiger partial charge in [-0.05, 0) is 22.0 Å².